The summed E-state index contributed by atoms with van der Waals surface area (Å²) < 4.78 is 52.5. The third-order valence-corrected chi connectivity index (χ3v) is 12.8. The number of phenolic OH excluding ortho intramolecular Hbond substituents is 1. The minimum Gasteiger partial charge on any atom is -0.508 e. The fraction of sp³-hybridized carbons (Fsp3) is 0.174. The third kappa shape index (κ3) is 15.1. The Bertz CT molecular complexity index is 3430. The Kier molecular flexibility index (Phi) is 17.4. The minimum atomic E-state index is -4.06. The van der Waals surface area contributed by atoms with E-state index in [1.807, 2.05) is 0 Å². The number of amides is 3. The molecule has 388 valence electrons. The average molecular weight is 1080 g/mol. The lowest BCUT2D eigenvalue weighted by atomic mass is 9.90. The molecule has 1 heterocycles. The first kappa shape index (κ1) is 54.9. The topological polar surface area (TPSA) is 400 Å². The number of thiocarbonyl (C=S) groups is 1. The maximum absolute atomic E-state index is 13.5. The van der Waals surface area contributed by atoms with Gasteiger partial charge in [0.2, 0.25) is 37.8 Å². The van der Waals surface area contributed by atoms with Gasteiger partial charge in [0.15, 0.2) is 10.5 Å². The summed E-state index contributed by atoms with van der Waals surface area (Å²) in [5, 5.41) is 63.5. The molecule has 3 amide bonds. The van der Waals surface area contributed by atoms with Crippen molar-refractivity contribution in [2.45, 2.75) is 15.8 Å². The number of primary sulfonamides is 2. The van der Waals surface area contributed by atoms with Gasteiger partial charge >= 0.3 is 17.9 Å². The van der Waals surface area contributed by atoms with E-state index < -0.39 is 94.4 Å². The summed E-state index contributed by atoms with van der Waals surface area (Å²) in [4.78, 5) is 90.8. The summed E-state index contributed by atoms with van der Waals surface area (Å²) in [7, 11) is -8.10. The van der Waals surface area contributed by atoms with Crippen LogP contribution in [0.4, 0.5) is 17.1 Å². The lowest BCUT2D eigenvalue weighted by Crippen LogP contribution is -2.52. The number of phenols is 1. The highest BCUT2D eigenvalue weighted by Crippen LogP contribution is 2.42. The molecule has 1 aliphatic heterocycles. The van der Waals surface area contributed by atoms with Gasteiger partial charge in [-0.05, 0) is 103 Å². The number of sulfonamides is 2. The number of aromatic hydroxyl groups is 1. The number of rotatable bonds is 22. The largest absolute Gasteiger partial charge is 0.508 e. The minimum absolute atomic E-state index is 0.126. The fourth-order valence-corrected chi connectivity index (χ4v) is 8.58. The Morgan fingerprint density at radius 2 is 1.16 bits per heavy atom. The number of aliphatic carboxylic acids is 2. The molecule has 4 aromatic carbocycles. The van der Waals surface area contributed by atoms with Crippen molar-refractivity contribution < 1.29 is 70.4 Å². The first-order valence-corrected chi connectivity index (χ1v) is 25.0. The number of carboxylic acids is 3. The van der Waals surface area contributed by atoms with Gasteiger partial charge < -0.3 is 51.4 Å². The van der Waals surface area contributed by atoms with Crippen LogP contribution in [0.2, 0.25) is 0 Å². The van der Waals surface area contributed by atoms with Gasteiger partial charge in [-0.1, -0.05) is 6.07 Å². The molecule has 0 saturated heterocycles. The molecule has 6 rings (SSSR count). The number of aromatic carboxylic acids is 1. The Labute approximate surface area is 425 Å². The molecule has 0 spiro atoms. The number of nitrogens with zero attached hydrogens (tertiary/aromatic N) is 2. The van der Waals surface area contributed by atoms with E-state index in [1.54, 1.807) is 0 Å². The lowest BCUT2D eigenvalue weighted by Gasteiger charge is -2.26. The van der Waals surface area contributed by atoms with Gasteiger partial charge in [-0.2, -0.15) is 0 Å². The van der Waals surface area contributed by atoms with E-state index in [1.165, 1.54) is 83.8 Å². The second kappa shape index (κ2) is 23.4. The maximum Gasteiger partial charge on any atom is 0.336 e. The van der Waals surface area contributed by atoms with Crippen molar-refractivity contribution in [2.75, 3.05) is 61.8 Å². The van der Waals surface area contributed by atoms with Crippen molar-refractivity contribution in [3.8, 4) is 28.2 Å². The molecule has 74 heavy (non-hydrogen) atoms. The van der Waals surface area contributed by atoms with Crippen LogP contribution in [0.5, 0.6) is 5.75 Å². The number of hydrogen-bond acceptors (Lipinski definition) is 16. The van der Waals surface area contributed by atoms with Crippen LogP contribution in [0.25, 0.3) is 33.4 Å². The first-order valence-electron chi connectivity index (χ1n) is 21.5. The molecule has 4 aromatic rings. The smallest absolute Gasteiger partial charge is 0.336 e. The summed E-state index contributed by atoms with van der Waals surface area (Å²) in [6.07, 6.45) is 0. The monoisotopic (exact) mass is 1080 g/mol. The van der Waals surface area contributed by atoms with Crippen LogP contribution in [0, 0.1) is 0 Å². The zero-order valence-corrected chi connectivity index (χ0v) is 40.8. The predicted octanol–water partition coefficient (Wildman–Crippen LogP) is 1.09. The Morgan fingerprint density at radius 3 is 1.69 bits per heavy atom. The van der Waals surface area contributed by atoms with Crippen molar-refractivity contribution in [2.24, 2.45) is 10.3 Å². The number of carbonyl (C=O) groups is 6. The zero-order chi connectivity index (χ0) is 54.1. The number of hydrogen-bond donors (Lipinski definition) is 11. The van der Waals surface area contributed by atoms with E-state index in [0.29, 0.717) is 16.5 Å². The van der Waals surface area contributed by atoms with Crippen molar-refractivity contribution >= 4 is 101 Å². The van der Waals surface area contributed by atoms with Gasteiger partial charge in [-0.15, -0.1) is 0 Å². The van der Waals surface area contributed by atoms with Crippen molar-refractivity contribution in [3.63, 3.8) is 0 Å². The molecule has 1 atom stereocenters. The van der Waals surface area contributed by atoms with Crippen LogP contribution in [0.1, 0.15) is 10.4 Å². The van der Waals surface area contributed by atoms with Crippen LogP contribution in [-0.2, 0) is 44.0 Å². The summed E-state index contributed by atoms with van der Waals surface area (Å²) in [6, 6.07) is 20.4. The van der Waals surface area contributed by atoms with Gasteiger partial charge in [-0.25, -0.2) is 36.7 Å². The molecule has 13 N–H and O–H groups in total. The number of carboxylic acid groups (broad SMARTS) is 3. The number of anilines is 3. The molecule has 0 bridgehead atoms. The van der Waals surface area contributed by atoms with E-state index in [4.69, 9.17) is 26.9 Å². The zero-order valence-electron chi connectivity index (χ0n) is 38.3. The summed E-state index contributed by atoms with van der Waals surface area (Å²) in [5.41, 5.74) is 1.01. The predicted molar refractivity (Wildman–Crippen MR) is 270 cm³/mol. The average Bonchev–Trinajstić information content (AvgIpc) is 3.30. The second-order valence-electron chi connectivity index (χ2n) is 16.2. The number of carbonyl (C=O) groups excluding carboxylic acids is 3. The summed E-state index contributed by atoms with van der Waals surface area (Å²) in [5.74, 6) is -6.64. The van der Waals surface area contributed by atoms with Crippen molar-refractivity contribution in [1.29, 1.82) is 0 Å². The van der Waals surface area contributed by atoms with Crippen LogP contribution in [0.3, 0.4) is 0 Å². The Balaban J connectivity index is 1.14. The number of nitrogens with one attached hydrogen (secondary N) is 5. The van der Waals surface area contributed by atoms with Crippen LogP contribution in [-0.4, -0.2) is 140 Å². The van der Waals surface area contributed by atoms with Gasteiger partial charge in [0, 0.05) is 65.3 Å². The van der Waals surface area contributed by atoms with E-state index in [-0.39, 0.29) is 78.7 Å². The van der Waals surface area contributed by atoms with Gasteiger partial charge in [0.05, 0.1) is 41.5 Å². The SMILES string of the molecule is NS(=O)(=O)c1ccc(NC(=O)CN(CCN(CC(=O)Nc2ccc(S(N)(=O)=O)cc2)CC(=O)N[C@@H](CNC(=S)Nc2ccc(-c3c4ccc(=O)cc-4oc4cc(O)ccc34)c(C(=O)O)c2)C(=O)O)CC(=O)O)cc1. The summed E-state index contributed by atoms with van der Waals surface area (Å²) >= 11 is 5.38. The van der Waals surface area contributed by atoms with E-state index >= 15 is 0 Å². The van der Waals surface area contributed by atoms with E-state index in [9.17, 15) is 70.8 Å². The third-order valence-electron chi connectivity index (χ3n) is 10.7. The molecule has 25 nitrogen and oxygen atoms in total. The summed E-state index contributed by atoms with van der Waals surface area (Å²) in [6.45, 7) is -3.54. The lowest BCUT2D eigenvalue weighted by molar-refractivity contribution is -0.141. The molecular formula is C46H45N9O16S3. The van der Waals surface area contributed by atoms with Crippen LogP contribution in [0.15, 0.2) is 122 Å². The highest BCUT2D eigenvalue weighted by Gasteiger charge is 2.26. The van der Waals surface area contributed by atoms with E-state index in [0.717, 1.165) is 29.2 Å². The van der Waals surface area contributed by atoms with E-state index in [2.05, 4.69) is 26.6 Å². The number of nitrogens with two attached hydrogens (primary N) is 2. The normalized spacial score (nSPS) is 12.0. The Morgan fingerprint density at radius 1 is 0.635 bits per heavy atom. The molecule has 0 unspecified atom stereocenters. The highest BCUT2D eigenvalue weighted by atomic mass is 32.2. The number of fused-ring (bicyclic) bond motifs is 2. The number of benzene rings is 5. The molecule has 28 heteroatoms. The van der Waals surface area contributed by atoms with Crippen molar-refractivity contribution in [1.82, 2.24) is 20.4 Å². The molecular weight excluding hydrogens is 1030 g/mol. The van der Waals surface area contributed by atoms with Gasteiger partial charge in [-0.3, -0.25) is 33.8 Å². The van der Waals surface area contributed by atoms with Crippen molar-refractivity contribution in [3.05, 3.63) is 119 Å². The second-order valence-corrected chi connectivity index (χ2v) is 19.8. The Hall–Kier alpha value is -8.38. The van der Waals surface area contributed by atoms with Crippen LogP contribution >= 0.6 is 12.2 Å². The first-order chi connectivity index (χ1) is 34.8. The van der Waals surface area contributed by atoms with Gasteiger partial charge in [0.25, 0.3) is 0 Å². The molecule has 1 aliphatic carbocycles. The molecule has 0 saturated carbocycles. The van der Waals surface area contributed by atoms with Gasteiger partial charge in [0.1, 0.15) is 23.1 Å². The molecule has 0 aromatic heterocycles. The molecule has 0 radical (unpaired) electrons. The standard InChI is InChI=1S/C46H45N9O16S3/c47-73(67,68)30-8-1-25(2-9-30)50-39(58)21-54(15-16-55(24-42(61)62)22-40(59)51-26-3-10-31(11-4-26)74(48,69)70)23-41(60)53-36(45(65)66)20-49-46(72)52-27-5-12-32(35(17-27)44(63)64)43-33-13-6-28(56)18-37(33)71-38-19-29(57)7-14-34(38)43/h1-14,17-19,36,56H,15-16,20-24H2,(H,50,58)(H,51,59)(H,53,60)(H,61,62)(H,63,64)(H,65,66)(H2,47,67,68)(H2,48,69,70)(H2,49,52,72)/t36-/m0/s1. The molecule has 2 aliphatic rings. The van der Waals surface area contributed by atoms with Crippen LogP contribution < -0.4 is 42.3 Å². The molecule has 0 fully saturated rings. The highest BCUT2D eigenvalue weighted by molar-refractivity contribution is 7.89. The fourth-order valence-electron chi connectivity index (χ4n) is 7.34. The quantitative estimate of drug-likeness (QED) is 0.0335. The maximum atomic E-state index is 13.5.